The molecule has 0 bridgehead atoms. The molecule has 124 valence electrons. The summed E-state index contributed by atoms with van der Waals surface area (Å²) in [5.41, 5.74) is 0. The monoisotopic (exact) mass is 330 g/mol. The molecule has 1 rings (SSSR count). The lowest BCUT2D eigenvalue weighted by Crippen LogP contribution is -2.37. The van der Waals surface area contributed by atoms with Gasteiger partial charge in [0.25, 0.3) is 0 Å². The maximum Gasteiger partial charge on any atom is 0.303 e. The van der Waals surface area contributed by atoms with Gasteiger partial charge < -0.3 is 15.1 Å². The summed E-state index contributed by atoms with van der Waals surface area (Å²) in [5.74, 6) is -1.90. The van der Waals surface area contributed by atoms with E-state index >= 15 is 0 Å². The highest BCUT2D eigenvalue weighted by Gasteiger charge is 2.32. The summed E-state index contributed by atoms with van der Waals surface area (Å²) in [6.45, 7) is 4.14. The zero-order valence-corrected chi connectivity index (χ0v) is 13.9. The number of hydrogen-bond acceptors (Lipinski definition) is 5. The fourth-order valence-corrected chi connectivity index (χ4v) is 2.59. The number of carboxylic acid groups (broad SMARTS) is 2. The van der Waals surface area contributed by atoms with Gasteiger partial charge in [-0.3, -0.25) is 9.59 Å². The molecular weight excluding hydrogens is 306 g/mol. The van der Waals surface area contributed by atoms with E-state index in [1.807, 2.05) is 7.05 Å². The molecule has 0 fully saturated rings. The van der Waals surface area contributed by atoms with Crippen molar-refractivity contribution < 1.29 is 23.7 Å². The van der Waals surface area contributed by atoms with E-state index in [9.17, 15) is 9.59 Å². The van der Waals surface area contributed by atoms with Gasteiger partial charge in [0.15, 0.2) is 12.1 Å². The predicted octanol–water partition coefficient (Wildman–Crippen LogP) is 2.43. The Morgan fingerprint density at radius 2 is 1.91 bits per heavy atom. The molecule has 1 unspecified atom stereocenters. The number of carbonyl (C=O) groups is 2. The van der Waals surface area contributed by atoms with Crippen molar-refractivity contribution in [2.24, 2.45) is 0 Å². The van der Waals surface area contributed by atoms with Gasteiger partial charge in [0.2, 0.25) is 11.9 Å². The summed E-state index contributed by atoms with van der Waals surface area (Å²) in [4.78, 5) is 21.7. The van der Waals surface area contributed by atoms with Gasteiger partial charge in [0.05, 0.1) is 12.7 Å². The van der Waals surface area contributed by atoms with E-state index in [1.54, 1.807) is 0 Å². The quantitative estimate of drug-likeness (QED) is 0.400. The number of hydrogen-bond donors (Lipinski definition) is 2. The second-order valence-electron chi connectivity index (χ2n) is 5.05. The molecule has 7 nitrogen and oxygen atoms in total. The largest absolute Gasteiger partial charge is 0.481 e. The SMILES string of the molecule is CCCC[N+]1(SC#N)C=CN(C)C1.O=C(O)CCCC(=O)O. The molecule has 0 spiro atoms. The first-order valence-electron chi connectivity index (χ1n) is 7.13. The summed E-state index contributed by atoms with van der Waals surface area (Å²) < 4.78 is 0.737. The summed E-state index contributed by atoms with van der Waals surface area (Å²) >= 11 is 1.34. The zero-order chi connectivity index (χ0) is 17.0. The number of rotatable bonds is 8. The molecule has 0 saturated carbocycles. The van der Waals surface area contributed by atoms with Crippen LogP contribution in [0.4, 0.5) is 0 Å². The number of unbranched alkanes of at least 4 members (excludes halogenated alkanes) is 1. The summed E-state index contributed by atoms with van der Waals surface area (Å²) in [5, 5.41) is 27.0. The molecule has 0 aliphatic carbocycles. The van der Waals surface area contributed by atoms with Gasteiger partial charge >= 0.3 is 11.9 Å². The molecule has 0 aromatic rings. The molecule has 1 heterocycles. The maximum absolute atomic E-state index is 9.79. The number of nitriles is 1. The Kier molecular flexibility index (Phi) is 10.1. The van der Waals surface area contributed by atoms with Gasteiger partial charge in [-0.1, -0.05) is 13.3 Å². The van der Waals surface area contributed by atoms with Crippen LogP contribution < -0.4 is 0 Å². The van der Waals surface area contributed by atoms with Gasteiger partial charge in [-0.05, 0) is 12.8 Å². The molecule has 22 heavy (non-hydrogen) atoms. The lowest BCUT2D eigenvalue weighted by atomic mass is 10.2. The van der Waals surface area contributed by atoms with Crippen LogP contribution in [0, 0.1) is 10.7 Å². The molecular formula is C14H24N3O4S+. The van der Waals surface area contributed by atoms with E-state index < -0.39 is 11.9 Å². The highest BCUT2D eigenvalue weighted by molar-refractivity contribution is 7.98. The van der Waals surface area contributed by atoms with Crippen LogP contribution in [0.3, 0.4) is 0 Å². The number of quaternary nitrogens is 1. The van der Waals surface area contributed by atoms with Gasteiger partial charge in [-0.25, -0.2) is 3.89 Å². The van der Waals surface area contributed by atoms with Crippen LogP contribution in [0.15, 0.2) is 12.4 Å². The van der Waals surface area contributed by atoms with Crippen molar-refractivity contribution in [1.29, 1.82) is 5.26 Å². The van der Waals surface area contributed by atoms with Gasteiger partial charge in [0, 0.05) is 19.9 Å². The first-order chi connectivity index (χ1) is 10.3. The average molecular weight is 330 g/mol. The average Bonchev–Trinajstić information content (AvgIpc) is 2.78. The number of thiocyanates is 1. The smallest absolute Gasteiger partial charge is 0.303 e. The molecule has 1 atom stereocenters. The first kappa shape index (κ1) is 20.3. The Morgan fingerprint density at radius 3 is 2.27 bits per heavy atom. The van der Waals surface area contributed by atoms with Crippen molar-refractivity contribution in [3.63, 3.8) is 0 Å². The van der Waals surface area contributed by atoms with Crippen LogP contribution >= 0.6 is 11.9 Å². The number of aliphatic carboxylic acids is 2. The van der Waals surface area contributed by atoms with Gasteiger partial charge in [-0.15, -0.1) is 0 Å². The zero-order valence-electron chi connectivity index (χ0n) is 13.1. The molecule has 0 amide bonds. The lowest BCUT2D eigenvalue weighted by Gasteiger charge is -2.26. The van der Waals surface area contributed by atoms with Crippen LogP contribution in [-0.2, 0) is 9.59 Å². The molecule has 8 heteroatoms. The van der Waals surface area contributed by atoms with Crippen molar-refractivity contribution in [3.8, 4) is 5.40 Å². The van der Waals surface area contributed by atoms with Crippen molar-refractivity contribution in [2.45, 2.75) is 39.0 Å². The fourth-order valence-electron chi connectivity index (χ4n) is 1.86. The Morgan fingerprint density at radius 1 is 1.32 bits per heavy atom. The van der Waals surface area contributed by atoms with Crippen LogP contribution in [0.1, 0.15) is 39.0 Å². The number of carboxylic acids is 2. The molecule has 0 aromatic heterocycles. The minimum Gasteiger partial charge on any atom is -0.481 e. The van der Waals surface area contributed by atoms with E-state index in [0.717, 1.165) is 17.1 Å². The molecule has 0 aromatic carbocycles. The Balaban J connectivity index is 0.000000433. The minimum absolute atomic E-state index is 0.0632. The Labute approximate surface area is 135 Å². The van der Waals surface area contributed by atoms with E-state index in [2.05, 4.69) is 29.6 Å². The fraction of sp³-hybridized carbons (Fsp3) is 0.643. The van der Waals surface area contributed by atoms with Crippen LogP contribution in [0.25, 0.3) is 0 Å². The van der Waals surface area contributed by atoms with Crippen molar-refractivity contribution in [3.05, 3.63) is 12.4 Å². The van der Waals surface area contributed by atoms with Crippen molar-refractivity contribution in [2.75, 3.05) is 20.3 Å². The second-order valence-corrected chi connectivity index (χ2v) is 6.14. The normalized spacial score (nSPS) is 19.2. The van der Waals surface area contributed by atoms with E-state index in [-0.39, 0.29) is 19.3 Å². The van der Waals surface area contributed by atoms with Crippen molar-refractivity contribution >= 4 is 23.9 Å². The lowest BCUT2D eigenvalue weighted by molar-refractivity contribution is -0.742. The predicted molar refractivity (Wildman–Crippen MR) is 84.1 cm³/mol. The maximum atomic E-state index is 9.79. The van der Waals surface area contributed by atoms with Crippen LogP contribution in [0.2, 0.25) is 0 Å². The van der Waals surface area contributed by atoms with Crippen LogP contribution in [-0.4, -0.2) is 51.2 Å². The Hall–Kier alpha value is -1.72. The van der Waals surface area contributed by atoms with Gasteiger partial charge in [0.1, 0.15) is 6.20 Å². The third-order valence-corrected chi connectivity index (χ3v) is 3.81. The Bertz CT molecular complexity index is 422. The number of nitrogens with zero attached hydrogens (tertiary/aromatic N) is 3. The van der Waals surface area contributed by atoms with E-state index in [0.29, 0.717) is 0 Å². The highest BCUT2D eigenvalue weighted by Crippen LogP contribution is 2.28. The van der Waals surface area contributed by atoms with E-state index in [4.69, 9.17) is 15.5 Å². The van der Waals surface area contributed by atoms with E-state index in [1.165, 1.54) is 24.8 Å². The minimum atomic E-state index is -0.948. The summed E-state index contributed by atoms with van der Waals surface area (Å²) in [6.07, 6.45) is 6.61. The second kappa shape index (κ2) is 10.9. The first-order valence-corrected chi connectivity index (χ1v) is 7.90. The standard InChI is InChI=1S/C9H16N3S.C5H8O4/c1-3-4-6-12(13-8-10)7-5-11(2)9-12;6-4(7)2-1-3-5(8)9/h5,7H,3-4,6,9H2,1-2H3;1-3H2,(H,6,7)(H,8,9)/q+1;. The van der Waals surface area contributed by atoms with Gasteiger partial charge in [-0.2, -0.15) is 5.26 Å². The third-order valence-electron chi connectivity index (χ3n) is 2.95. The summed E-state index contributed by atoms with van der Waals surface area (Å²) in [6, 6.07) is 0. The molecule has 2 N–H and O–H groups in total. The summed E-state index contributed by atoms with van der Waals surface area (Å²) in [7, 11) is 2.04. The van der Waals surface area contributed by atoms with Crippen molar-refractivity contribution in [1.82, 2.24) is 4.90 Å². The third kappa shape index (κ3) is 9.26. The highest BCUT2D eigenvalue weighted by atomic mass is 32.2. The molecule has 0 saturated heterocycles. The topological polar surface area (TPSA) is 102 Å². The molecule has 0 radical (unpaired) electrons. The molecule has 1 aliphatic rings. The molecule has 1 aliphatic heterocycles. The van der Waals surface area contributed by atoms with Crippen LogP contribution in [0.5, 0.6) is 0 Å².